The van der Waals surface area contributed by atoms with Gasteiger partial charge in [-0.3, -0.25) is 0 Å². The summed E-state index contributed by atoms with van der Waals surface area (Å²) in [6.07, 6.45) is 4.49. The normalized spacial score (nSPS) is 50.7. The molecule has 0 saturated carbocycles. The number of ether oxygens (including phenoxy) is 3. The second-order valence-electron chi connectivity index (χ2n) is 7.88. The second-order valence-corrected chi connectivity index (χ2v) is 7.88. The summed E-state index contributed by atoms with van der Waals surface area (Å²) in [6, 6.07) is 0. The first kappa shape index (κ1) is 17.6. The van der Waals surface area contributed by atoms with Crippen LogP contribution in [0.5, 0.6) is 0 Å². The highest BCUT2D eigenvalue weighted by atomic mass is 16.6. The maximum atomic E-state index is 10.1. The van der Waals surface area contributed by atoms with Gasteiger partial charge < -0.3 is 24.4 Å². The molecule has 3 saturated heterocycles. The molecule has 5 heteroatoms. The smallest absolute Gasteiger partial charge is 0.107 e. The average molecular weight is 328 g/mol. The van der Waals surface area contributed by atoms with E-state index < -0.39 is 12.2 Å². The molecule has 0 unspecified atom stereocenters. The predicted octanol–water partition coefficient (Wildman–Crippen LogP) is 2.03. The highest BCUT2D eigenvalue weighted by Crippen LogP contribution is 2.45. The minimum atomic E-state index is -0.614. The number of hydrogen-bond donors (Lipinski definition) is 2. The fraction of sp³-hybridized carbons (Fsp3) is 1.00. The molecule has 0 aliphatic carbocycles. The molecule has 0 aromatic rings. The summed E-state index contributed by atoms with van der Waals surface area (Å²) in [5, 5.41) is 19.6. The van der Waals surface area contributed by atoms with Crippen molar-refractivity contribution in [3.8, 4) is 0 Å². The van der Waals surface area contributed by atoms with Crippen LogP contribution >= 0.6 is 0 Å². The zero-order valence-electron chi connectivity index (χ0n) is 14.6. The fourth-order valence-electron chi connectivity index (χ4n) is 4.63. The van der Waals surface area contributed by atoms with E-state index >= 15 is 0 Å². The van der Waals surface area contributed by atoms with E-state index in [9.17, 15) is 10.2 Å². The number of aliphatic hydroxyl groups excluding tert-OH is 2. The molecule has 23 heavy (non-hydrogen) atoms. The van der Waals surface area contributed by atoms with Gasteiger partial charge in [0.2, 0.25) is 0 Å². The average Bonchev–Trinajstić information content (AvgIpc) is 2.65. The highest BCUT2D eigenvalue weighted by molar-refractivity contribution is 5.01. The Bertz CT molecular complexity index is 403. The molecule has 0 aromatic carbocycles. The third-order valence-electron chi connectivity index (χ3n) is 5.94. The minimum absolute atomic E-state index is 0.0130. The van der Waals surface area contributed by atoms with Gasteiger partial charge in [0.15, 0.2) is 0 Å². The Kier molecular flexibility index (Phi) is 5.33. The molecule has 3 rings (SSSR count). The van der Waals surface area contributed by atoms with Crippen LogP contribution in [0.15, 0.2) is 0 Å². The Morgan fingerprint density at radius 3 is 2.61 bits per heavy atom. The van der Waals surface area contributed by atoms with E-state index in [0.29, 0.717) is 18.4 Å². The van der Waals surface area contributed by atoms with Gasteiger partial charge in [-0.25, -0.2) is 0 Å². The second kappa shape index (κ2) is 6.96. The van der Waals surface area contributed by atoms with Crippen LogP contribution in [0.3, 0.4) is 0 Å². The fourth-order valence-corrected chi connectivity index (χ4v) is 4.63. The Morgan fingerprint density at radius 1 is 1.13 bits per heavy atom. The molecular formula is C18H32O5. The molecule has 0 spiro atoms. The van der Waals surface area contributed by atoms with Crippen LogP contribution in [0, 0.1) is 5.92 Å². The summed E-state index contributed by atoms with van der Waals surface area (Å²) >= 11 is 0. The van der Waals surface area contributed by atoms with Gasteiger partial charge in [-0.1, -0.05) is 20.3 Å². The summed E-state index contributed by atoms with van der Waals surface area (Å²) in [6.45, 7) is 6.46. The van der Waals surface area contributed by atoms with E-state index in [2.05, 4.69) is 20.8 Å². The molecule has 2 N–H and O–H groups in total. The maximum absolute atomic E-state index is 10.1. The Balaban J connectivity index is 1.74. The van der Waals surface area contributed by atoms with Gasteiger partial charge in [0.05, 0.1) is 42.7 Å². The van der Waals surface area contributed by atoms with Crippen LogP contribution in [-0.4, -0.2) is 59.0 Å². The van der Waals surface area contributed by atoms with Crippen LogP contribution in [0.2, 0.25) is 0 Å². The highest BCUT2D eigenvalue weighted by Gasteiger charge is 2.53. The zero-order chi connectivity index (χ0) is 16.6. The van der Waals surface area contributed by atoms with Crippen molar-refractivity contribution in [1.82, 2.24) is 0 Å². The topological polar surface area (TPSA) is 68.2 Å². The van der Waals surface area contributed by atoms with E-state index in [0.717, 1.165) is 32.1 Å². The molecule has 0 aromatic heterocycles. The van der Waals surface area contributed by atoms with E-state index in [1.165, 1.54) is 0 Å². The molecule has 3 heterocycles. The van der Waals surface area contributed by atoms with Crippen molar-refractivity contribution in [1.29, 1.82) is 0 Å². The van der Waals surface area contributed by atoms with Crippen molar-refractivity contribution in [3.05, 3.63) is 0 Å². The van der Waals surface area contributed by atoms with Crippen molar-refractivity contribution >= 4 is 0 Å². The summed E-state index contributed by atoms with van der Waals surface area (Å²) in [5.74, 6) is 0.496. The first-order valence-corrected chi connectivity index (χ1v) is 9.24. The van der Waals surface area contributed by atoms with Crippen LogP contribution in [-0.2, 0) is 14.2 Å². The molecule has 0 amide bonds. The Labute approximate surface area is 139 Å². The van der Waals surface area contributed by atoms with Gasteiger partial charge in [-0.15, -0.1) is 0 Å². The number of hydrogen-bond acceptors (Lipinski definition) is 5. The third kappa shape index (κ3) is 3.45. The molecule has 3 aliphatic heterocycles. The Morgan fingerprint density at radius 2 is 1.91 bits per heavy atom. The lowest BCUT2D eigenvalue weighted by Crippen LogP contribution is -2.61. The molecule has 8 atom stereocenters. The van der Waals surface area contributed by atoms with E-state index in [1.807, 2.05) is 0 Å². The van der Waals surface area contributed by atoms with Crippen LogP contribution in [0.1, 0.15) is 59.3 Å². The van der Waals surface area contributed by atoms with Gasteiger partial charge in [0.1, 0.15) is 6.10 Å². The van der Waals surface area contributed by atoms with Crippen LogP contribution in [0.25, 0.3) is 0 Å². The summed E-state index contributed by atoms with van der Waals surface area (Å²) < 4.78 is 18.8. The largest absolute Gasteiger partial charge is 0.394 e. The molecule has 134 valence electrons. The molecule has 3 aliphatic rings. The van der Waals surface area contributed by atoms with E-state index in [-0.39, 0.29) is 30.5 Å². The standard InChI is InChI=1S/C18H32O5/c1-4-5-13-11(2)9-18(3)17(22-13)8-15-14(23-18)7-6-12(20)16(10-19)21-15/h11-17,19-20H,4-10H2,1-3H3/t11-,12+,13+,14-,15+,16-,17-,18+/m1/s1. The lowest BCUT2D eigenvalue weighted by molar-refractivity contribution is -0.286. The van der Waals surface area contributed by atoms with Crippen molar-refractivity contribution in [2.45, 2.75) is 102 Å². The molecule has 3 fully saturated rings. The number of aliphatic hydroxyl groups is 2. The lowest BCUT2D eigenvalue weighted by Gasteiger charge is -2.53. The molecule has 0 radical (unpaired) electrons. The monoisotopic (exact) mass is 328 g/mol. The van der Waals surface area contributed by atoms with Crippen LogP contribution in [0.4, 0.5) is 0 Å². The summed E-state index contributed by atoms with van der Waals surface area (Å²) in [5.41, 5.74) is -0.266. The van der Waals surface area contributed by atoms with Crippen molar-refractivity contribution < 1.29 is 24.4 Å². The summed E-state index contributed by atoms with van der Waals surface area (Å²) in [7, 11) is 0. The van der Waals surface area contributed by atoms with Crippen LogP contribution < -0.4 is 0 Å². The van der Waals surface area contributed by atoms with Crippen molar-refractivity contribution in [2.24, 2.45) is 5.92 Å². The van der Waals surface area contributed by atoms with Crippen molar-refractivity contribution in [2.75, 3.05) is 6.61 Å². The lowest BCUT2D eigenvalue weighted by atomic mass is 9.76. The Hall–Kier alpha value is -0.200. The van der Waals surface area contributed by atoms with Gasteiger partial charge in [0, 0.05) is 6.42 Å². The predicted molar refractivity (Wildman–Crippen MR) is 86.2 cm³/mol. The van der Waals surface area contributed by atoms with Gasteiger partial charge in [-0.05, 0) is 38.5 Å². The first-order valence-electron chi connectivity index (χ1n) is 9.24. The van der Waals surface area contributed by atoms with E-state index in [4.69, 9.17) is 14.2 Å². The van der Waals surface area contributed by atoms with E-state index in [1.54, 1.807) is 0 Å². The van der Waals surface area contributed by atoms with Gasteiger partial charge in [-0.2, -0.15) is 0 Å². The number of fused-ring (bicyclic) bond motifs is 2. The van der Waals surface area contributed by atoms with Gasteiger partial charge in [0.25, 0.3) is 0 Å². The SMILES string of the molecule is CCC[C@@H]1O[C@@H]2C[C@@H]3O[C@H](CO)[C@@H](O)CC[C@H]3O[C@@]2(C)C[C@H]1C. The number of rotatable bonds is 3. The first-order chi connectivity index (χ1) is 11.0. The molecule has 5 nitrogen and oxygen atoms in total. The minimum Gasteiger partial charge on any atom is -0.394 e. The zero-order valence-corrected chi connectivity index (χ0v) is 14.6. The third-order valence-corrected chi connectivity index (χ3v) is 5.94. The van der Waals surface area contributed by atoms with Crippen molar-refractivity contribution in [3.63, 3.8) is 0 Å². The summed E-state index contributed by atoms with van der Waals surface area (Å²) in [4.78, 5) is 0. The maximum Gasteiger partial charge on any atom is 0.107 e. The molecule has 0 bridgehead atoms. The van der Waals surface area contributed by atoms with Gasteiger partial charge >= 0.3 is 0 Å². The quantitative estimate of drug-likeness (QED) is 0.830. The molecular weight excluding hydrogens is 296 g/mol.